The summed E-state index contributed by atoms with van der Waals surface area (Å²) in [6.45, 7) is 12.8. The second kappa shape index (κ2) is 9.33. The summed E-state index contributed by atoms with van der Waals surface area (Å²) < 4.78 is 0. The fourth-order valence-corrected chi connectivity index (χ4v) is 9.94. The van der Waals surface area contributed by atoms with Gasteiger partial charge < -0.3 is 4.90 Å². The zero-order chi connectivity index (χ0) is 24.1. The minimum Gasteiger partial charge on any atom is -0.371 e. The number of benzene rings is 1. The van der Waals surface area contributed by atoms with Crippen molar-refractivity contribution in [2.45, 2.75) is 105 Å². The fraction of sp³-hybridized carbons (Fsp3) is 0.758. The second-order valence-electron chi connectivity index (χ2n) is 13.8. The van der Waals surface area contributed by atoms with E-state index in [9.17, 15) is 0 Å². The van der Waals surface area contributed by atoms with E-state index in [0.717, 1.165) is 35.5 Å². The third kappa shape index (κ3) is 3.98. The molecule has 1 nitrogen and oxygen atoms in total. The van der Waals surface area contributed by atoms with Gasteiger partial charge in [-0.1, -0.05) is 90.3 Å². The maximum atomic E-state index is 2.74. The molecule has 0 aromatic heterocycles. The van der Waals surface area contributed by atoms with Crippen molar-refractivity contribution in [1.82, 2.24) is 4.90 Å². The Morgan fingerprint density at radius 2 is 1.62 bits per heavy atom. The lowest BCUT2D eigenvalue weighted by Crippen LogP contribution is -2.58. The Hall–Kier alpha value is -1.24. The van der Waals surface area contributed by atoms with Crippen LogP contribution in [0.4, 0.5) is 0 Å². The summed E-state index contributed by atoms with van der Waals surface area (Å²) in [6, 6.07) is 11.8. The number of fused-ring (bicyclic) bond motifs is 5. The highest BCUT2D eigenvalue weighted by Crippen LogP contribution is 2.67. The molecule has 1 heterocycles. The van der Waals surface area contributed by atoms with Crippen molar-refractivity contribution >= 4 is 5.70 Å². The highest BCUT2D eigenvalue weighted by atomic mass is 15.2. The van der Waals surface area contributed by atoms with Gasteiger partial charge in [-0.2, -0.15) is 0 Å². The van der Waals surface area contributed by atoms with Gasteiger partial charge in [-0.25, -0.2) is 0 Å². The van der Waals surface area contributed by atoms with E-state index in [1.54, 1.807) is 0 Å². The van der Waals surface area contributed by atoms with Gasteiger partial charge in [-0.15, -0.1) is 0 Å². The van der Waals surface area contributed by atoms with Crippen molar-refractivity contribution in [3.8, 4) is 0 Å². The van der Waals surface area contributed by atoms with Crippen molar-refractivity contribution in [3.05, 3.63) is 42.0 Å². The maximum absolute atomic E-state index is 2.74. The van der Waals surface area contributed by atoms with Crippen molar-refractivity contribution in [3.63, 3.8) is 0 Å². The molecule has 3 aliphatic carbocycles. The third-order valence-corrected chi connectivity index (χ3v) is 11.7. The molecule has 5 rings (SSSR count). The lowest BCUT2D eigenvalue weighted by Gasteiger charge is -2.62. The molecule has 1 aromatic carbocycles. The molecule has 34 heavy (non-hydrogen) atoms. The molecule has 0 amide bonds. The summed E-state index contributed by atoms with van der Waals surface area (Å²) in [5.41, 5.74) is 3.92. The average Bonchev–Trinajstić information content (AvgIpc) is 3.17. The van der Waals surface area contributed by atoms with Crippen LogP contribution in [0.25, 0.3) is 5.70 Å². The summed E-state index contributed by atoms with van der Waals surface area (Å²) >= 11 is 0. The first-order chi connectivity index (χ1) is 16.3. The molecular formula is C33H51N. The Balaban J connectivity index is 1.33. The predicted molar refractivity (Wildman–Crippen MR) is 146 cm³/mol. The largest absolute Gasteiger partial charge is 0.371 e. The van der Waals surface area contributed by atoms with Gasteiger partial charge in [0, 0.05) is 18.8 Å². The first kappa shape index (κ1) is 24.5. The van der Waals surface area contributed by atoms with Gasteiger partial charge in [-0.3, -0.25) is 0 Å². The van der Waals surface area contributed by atoms with Crippen LogP contribution < -0.4 is 0 Å². The summed E-state index contributed by atoms with van der Waals surface area (Å²) in [5, 5.41) is 0. The molecule has 0 N–H and O–H groups in total. The average molecular weight is 462 g/mol. The second-order valence-corrected chi connectivity index (χ2v) is 13.8. The van der Waals surface area contributed by atoms with Crippen LogP contribution >= 0.6 is 0 Å². The molecular weight excluding hydrogens is 410 g/mol. The molecule has 3 saturated carbocycles. The first-order valence-electron chi connectivity index (χ1n) is 14.7. The molecule has 8 atom stereocenters. The zero-order valence-corrected chi connectivity index (χ0v) is 23.0. The molecule has 4 aliphatic rings. The Bertz CT molecular complexity index is 870. The van der Waals surface area contributed by atoms with E-state index in [-0.39, 0.29) is 0 Å². The molecule has 0 spiro atoms. The van der Waals surface area contributed by atoms with Crippen LogP contribution in [0.2, 0.25) is 0 Å². The van der Waals surface area contributed by atoms with Crippen LogP contribution in [0.15, 0.2) is 36.4 Å². The molecule has 1 aliphatic heterocycles. The van der Waals surface area contributed by atoms with Gasteiger partial charge in [0.2, 0.25) is 0 Å². The number of hydrogen-bond donors (Lipinski definition) is 0. The third-order valence-electron chi connectivity index (χ3n) is 11.7. The fourth-order valence-electron chi connectivity index (χ4n) is 9.94. The summed E-state index contributed by atoms with van der Waals surface area (Å²) in [6.07, 6.45) is 17.0. The molecule has 0 bridgehead atoms. The molecule has 0 saturated heterocycles. The van der Waals surface area contributed by atoms with Crippen LogP contribution in [-0.2, 0) is 0 Å². The molecule has 1 heteroatoms. The SMILES string of the molecule is CC(C)CCCC(C)C1CCC2C3CC[C@H]4N(C)C(c5ccccc5)=CC[C@]4(C)C3CCC12C. The minimum atomic E-state index is 0.443. The summed E-state index contributed by atoms with van der Waals surface area (Å²) in [7, 11) is 2.39. The van der Waals surface area contributed by atoms with E-state index >= 15 is 0 Å². The number of allylic oxidation sites excluding steroid dienone is 1. The summed E-state index contributed by atoms with van der Waals surface area (Å²) in [5.74, 6) is 5.59. The van der Waals surface area contributed by atoms with Gasteiger partial charge in [-0.05, 0) is 96.8 Å². The van der Waals surface area contributed by atoms with Gasteiger partial charge in [0.15, 0.2) is 0 Å². The van der Waals surface area contributed by atoms with Crippen molar-refractivity contribution in [2.75, 3.05) is 7.05 Å². The Morgan fingerprint density at radius 1 is 0.882 bits per heavy atom. The quantitative estimate of drug-likeness (QED) is 0.408. The van der Waals surface area contributed by atoms with Crippen molar-refractivity contribution in [2.24, 2.45) is 46.3 Å². The maximum Gasteiger partial charge on any atom is 0.0399 e. The van der Waals surface area contributed by atoms with Crippen molar-refractivity contribution in [1.29, 1.82) is 0 Å². The highest BCUT2D eigenvalue weighted by Gasteiger charge is 2.60. The van der Waals surface area contributed by atoms with Crippen LogP contribution in [0.1, 0.15) is 104 Å². The van der Waals surface area contributed by atoms with Crippen LogP contribution in [0.5, 0.6) is 0 Å². The Morgan fingerprint density at radius 3 is 2.35 bits per heavy atom. The van der Waals surface area contributed by atoms with Crippen LogP contribution in [0, 0.1) is 46.3 Å². The molecule has 1 aromatic rings. The van der Waals surface area contributed by atoms with E-state index in [2.05, 4.69) is 83.0 Å². The van der Waals surface area contributed by atoms with Crippen LogP contribution in [0.3, 0.4) is 0 Å². The predicted octanol–water partition coefficient (Wildman–Crippen LogP) is 9.05. The van der Waals surface area contributed by atoms with E-state index in [1.807, 2.05) is 0 Å². The lowest BCUT2D eigenvalue weighted by molar-refractivity contribution is -0.103. The van der Waals surface area contributed by atoms with E-state index in [0.29, 0.717) is 16.9 Å². The van der Waals surface area contributed by atoms with Crippen LogP contribution in [-0.4, -0.2) is 18.0 Å². The lowest BCUT2D eigenvalue weighted by atomic mass is 9.46. The smallest absolute Gasteiger partial charge is 0.0399 e. The van der Waals surface area contributed by atoms with E-state index in [4.69, 9.17) is 0 Å². The monoisotopic (exact) mass is 461 g/mol. The van der Waals surface area contributed by atoms with Gasteiger partial charge >= 0.3 is 0 Å². The van der Waals surface area contributed by atoms with E-state index in [1.165, 1.54) is 75.5 Å². The Labute approximate surface area is 210 Å². The minimum absolute atomic E-state index is 0.443. The first-order valence-corrected chi connectivity index (χ1v) is 14.7. The topological polar surface area (TPSA) is 3.24 Å². The Kier molecular flexibility index (Phi) is 6.71. The molecule has 0 radical (unpaired) electrons. The van der Waals surface area contributed by atoms with Gasteiger partial charge in [0.05, 0.1) is 0 Å². The number of nitrogens with zero attached hydrogens (tertiary/aromatic N) is 1. The zero-order valence-electron chi connectivity index (χ0n) is 23.0. The highest BCUT2D eigenvalue weighted by molar-refractivity contribution is 5.65. The van der Waals surface area contributed by atoms with Crippen molar-refractivity contribution < 1.29 is 0 Å². The number of rotatable bonds is 6. The molecule has 3 fully saturated rings. The summed E-state index contributed by atoms with van der Waals surface area (Å²) in [4.78, 5) is 2.68. The molecule has 188 valence electrons. The van der Waals surface area contributed by atoms with E-state index < -0.39 is 0 Å². The van der Waals surface area contributed by atoms with Gasteiger partial charge in [0.1, 0.15) is 0 Å². The normalized spacial score (nSPS) is 40.4. The van der Waals surface area contributed by atoms with Gasteiger partial charge in [0.25, 0.3) is 0 Å². The number of hydrogen-bond acceptors (Lipinski definition) is 1. The molecule has 6 unspecified atom stereocenters. The standard InChI is InChI=1S/C33H51N/c1-23(2)11-10-12-24(3)27-16-17-28-26-15-18-31-33(5,29(26)19-21-32(27,28)4)22-20-30(34(31)6)25-13-8-7-9-14-25/h7-9,13-14,20,23-24,26-29,31H,10-12,15-19,21-22H2,1-6H3/t24?,26?,27?,28?,29?,31-,32?,33-/m1/s1.